The second-order valence-electron chi connectivity index (χ2n) is 4.39. The fourth-order valence-electron chi connectivity index (χ4n) is 2.05. The largest absolute Gasteiger partial charge is 0.497 e. The highest BCUT2D eigenvalue weighted by atomic mass is 16.5. The maximum absolute atomic E-state index is 10.8. The molecule has 0 aliphatic carbocycles. The first-order chi connectivity index (χ1) is 8.10. The molecule has 92 valence electrons. The molecule has 2 atom stereocenters. The van der Waals surface area contributed by atoms with Crippen LogP contribution < -0.4 is 9.47 Å². The number of hydrogen-bond acceptors (Lipinski definition) is 3. The van der Waals surface area contributed by atoms with Crippen LogP contribution in [-0.4, -0.2) is 24.3 Å². The van der Waals surface area contributed by atoms with Crippen LogP contribution in [0.1, 0.15) is 18.9 Å². The van der Waals surface area contributed by atoms with Crippen LogP contribution in [-0.2, 0) is 11.2 Å². The lowest BCUT2D eigenvalue weighted by Crippen LogP contribution is -2.21. The number of carboxylic acid groups (broad SMARTS) is 1. The Morgan fingerprint density at radius 1 is 1.65 bits per heavy atom. The summed E-state index contributed by atoms with van der Waals surface area (Å²) >= 11 is 0. The lowest BCUT2D eigenvalue weighted by atomic mass is 10.0. The summed E-state index contributed by atoms with van der Waals surface area (Å²) in [5, 5.41) is 8.87. The van der Waals surface area contributed by atoms with Crippen LogP contribution in [0.4, 0.5) is 0 Å². The first-order valence-electron chi connectivity index (χ1n) is 5.66. The van der Waals surface area contributed by atoms with Crippen LogP contribution in [0.5, 0.6) is 11.5 Å². The topological polar surface area (TPSA) is 55.8 Å². The first-order valence-corrected chi connectivity index (χ1v) is 5.66. The molecule has 1 N–H and O–H groups in total. The summed E-state index contributed by atoms with van der Waals surface area (Å²) in [6, 6.07) is 5.67. The predicted molar refractivity (Wildman–Crippen MR) is 62.5 cm³/mol. The van der Waals surface area contributed by atoms with Gasteiger partial charge in [-0.1, -0.05) is 6.92 Å². The standard InChI is InChI=1S/C13H16O4/c1-8(13(14)15)5-11-7-9-6-10(16-2)3-4-12(9)17-11/h3-4,6,8,11H,5,7H2,1-2H3,(H,14,15). The number of benzene rings is 1. The Labute approximate surface area is 100 Å². The predicted octanol–water partition coefficient (Wildman–Crippen LogP) is 2.11. The lowest BCUT2D eigenvalue weighted by molar-refractivity contribution is -0.141. The van der Waals surface area contributed by atoms with Crippen molar-refractivity contribution in [2.75, 3.05) is 7.11 Å². The van der Waals surface area contributed by atoms with E-state index >= 15 is 0 Å². The SMILES string of the molecule is COc1ccc2c(c1)CC(CC(C)C(=O)O)O2. The molecular formula is C13H16O4. The van der Waals surface area contributed by atoms with Crippen molar-refractivity contribution in [2.45, 2.75) is 25.9 Å². The van der Waals surface area contributed by atoms with E-state index in [9.17, 15) is 4.79 Å². The van der Waals surface area contributed by atoms with Crippen LogP contribution >= 0.6 is 0 Å². The molecule has 0 bridgehead atoms. The van der Waals surface area contributed by atoms with Crippen molar-refractivity contribution in [3.63, 3.8) is 0 Å². The third-order valence-corrected chi connectivity index (χ3v) is 3.05. The molecule has 1 aliphatic heterocycles. The minimum absolute atomic E-state index is 0.0387. The van der Waals surface area contributed by atoms with E-state index < -0.39 is 5.97 Å². The van der Waals surface area contributed by atoms with Crippen molar-refractivity contribution in [1.29, 1.82) is 0 Å². The number of methoxy groups -OCH3 is 1. The van der Waals surface area contributed by atoms with Gasteiger partial charge in [-0.25, -0.2) is 0 Å². The summed E-state index contributed by atoms with van der Waals surface area (Å²) < 4.78 is 10.9. The van der Waals surface area contributed by atoms with Gasteiger partial charge in [0.15, 0.2) is 0 Å². The molecule has 0 fully saturated rings. The fourth-order valence-corrected chi connectivity index (χ4v) is 2.05. The summed E-state index contributed by atoms with van der Waals surface area (Å²) in [6.07, 6.45) is 1.25. The van der Waals surface area contributed by atoms with Gasteiger partial charge in [0.2, 0.25) is 0 Å². The Balaban J connectivity index is 2.03. The van der Waals surface area contributed by atoms with Crippen molar-refractivity contribution < 1.29 is 19.4 Å². The number of fused-ring (bicyclic) bond motifs is 1. The minimum Gasteiger partial charge on any atom is -0.497 e. The van der Waals surface area contributed by atoms with Crippen molar-refractivity contribution in [3.05, 3.63) is 23.8 Å². The van der Waals surface area contributed by atoms with Gasteiger partial charge < -0.3 is 14.6 Å². The highest BCUT2D eigenvalue weighted by molar-refractivity contribution is 5.69. The van der Waals surface area contributed by atoms with Gasteiger partial charge in [-0.05, 0) is 24.6 Å². The summed E-state index contributed by atoms with van der Waals surface area (Å²) in [5.74, 6) is 0.492. The second-order valence-corrected chi connectivity index (χ2v) is 4.39. The zero-order chi connectivity index (χ0) is 12.4. The average molecular weight is 236 g/mol. The molecule has 0 amide bonds. The molecule has 2 rings (SSSR count). The Hall–Kier alpha value is -1.71. The van der Waals surface area contributed by atoms with Gasteiger partial charge in [-0.15, -0.1) is 0 Å². The Morgan fingerprint density at radius 3 is 3.06 bits per heavy atom. The van der Waals surface area contributed by atoms with Crippen LogP contribution in [0.25, 0.3) is 0 Å². The zero-order valence-electron chi connectivity index (χ0n) is 9.97. The molecule has 1 aliphatic rings. The molecule has 1 heterocycles. The Kier molecular flexibility index (Phi) is 3.22. The molecule has 0 saturated carbocycles. The molecule has 0 spiro atoms. The van der Waals surface area contributed by atoms with Gasteiger partial charge >= 0.3 is 5.97 Å². The smallest absolute Gasteiger partial charge is 0.306 e. The second kappa shape index (κ2) is 4.65. The number of carbonyl (C=O) groups is 1. The van der Waals surface area contributed by atoms with Crippen LogP contribution in [0.2, 0.25) is 0 Å². The number of ether oxygens (including phenoxy) is 2. The van der Waals surface area contributed by atoms with E-state index in [0.29, 0.717) is 6.42 Å². The van der Waals surface area contributed by atoms with Crippen LogP contribution in [0, 0.1) is 5.92 Å². The summed E-state index contributed by atoms with van der Waals surface area (Å²) in [5.41, 5.74) is 1.09. The third kappa shape index (κ3) is 2.52. The molecular weight excluding hydrogens is 220 g/mol. The number of carboxylic acids is 1. The number of rotatable bonds is 4. The average Bonchev–Trinajstić information content (AvgIpc) is 2.69. The fraction of sp³-hybridized carbons (Fsp3) is 0.462. The van der Waals surface area contributed by atoms with Gasteiger partial charge in [-0.3, -0.25) is 4.79 Å². The van der Waals surface area contributed by atoms with Crippen molar-refractivity contribution >= 4 is 5.97 Å². The Bertz CT molecular complexity index is 427. The molecule has 4 nitrogen and oxygen atoms in total. The van der Waals surface area contributed by atoms with Gasteiger partial charge in [0, 0.05) is 12.0 Å². The lowest BCUT2D eigenvalue weighted by Gasteiger charge is -2.13. The minimum atomic E-state index is -0.776. The third-order valence-electron chi connectivity index (χ3n) is 3.05. The van der Waals surface area contributed by atoms with Crippen LogP contribution in [0.15, 0.2) is 18.2 Å². The summed E-state index contributed by atoms with van der Waals surface area (Å²) in [7, 11) is 1.63. The highest BCUT2D eigenvalue weighted by Crippen LogP contribution is 2.33. The van der Waals surface area contributed by atoms with Gasteiger partial charge in [0.1, 0.15) is 17.6 Å². The molecule has 0 aromatic heterocycles. The van der Waals surface area contributed by atoms with E-state index in [2.05, 4.69) is 0 Å². The monoisotopic (exact) mass is 236 g/mol. The van der Waals surface area contributed by atoms with Crippen molar-refractivity contribution in [3.8, 4) is 11.5 Å². The molecule has 17 heavy (non-hydrogen) atoms. The maximum atomic E-state index is 10.8. The maximum Gasteiger partial charge on any atom is 0.306 e. The van der Waals surface area contributed by atoms with E-state index in [1.165, 1.54) is 0 Å². The first kappa shape index (κ1) is 11.8. The Morgan fingerprint density at radius 2 is 2.41 bits per heavy atom. The summed E-state index contributed by atoms with van der Waals surface area (Å²) in [6.45, 7) is 1.70. The molecule has 0 radical (unpaired) electrons. The van der Waals surface area contributed by atoms with E-state index in [4.69, 9.17) is 14.6 Å². The van der Waals surface area contributed by atoms with Crippen molar-refractivity contribution in [2.24, 2.45) is 5.92 Å². The number of aliphatic carboxylic acids is 1. The van der Waals surface area contributed by atoms with Crippen LogP contribution in [0.3, 0.4) is 0 Å². The molecule has 4 heteroatoms. The quantitative estimate of drug-likeness (QED) is 0.869. The van der Waals surface area contributed by atoms with Crippen molar-refractivity contribution in [1.82, 2.24) is 0 Å². The zero-order valence-corrected chi connectivity index (χ0v) is 9.97. The number of hydrogen-bond donors (Lipinski definition) is 1. The highest BCUT2D eigenvalue weighted by Gasteiger charge is 2.26. The molecule has 1 aromatic rings. The normalized spacial score (nSPS) is 19.3. The summed E-state index contributed by atoms with van der Waals surface area (Å²) in [4.78, 5) is 10.8. The van der Waals surface area contributed by atoms with E-state index in [-0.39, 0.29) is 12.0 Å². The van der Waals surface area contributed by atoms with Gasteiger partial charge in [0.05, 0.1) is 13.0 Å². The van der Waals surface area contributed by atoms with E-state index in [1.807, 2.05) is 18.2 Å². The van der Waals surface area contributed by atoms with Gasteiger partial charge in [-0.2, -0.15) is 0 Å². The van der Waals surface area contributed by atoms with E-state index in [0.717, 1.165) is 23.5 Å². The molecule has 0 saturated heterocycles. The van der Waals surface area contributed by atoms with Gasteiger partial charge in [0.25, 0.3) is 0 Å². The molecule has 1 aromatic carbocycles. The van der Waals surface area contributed by atoms with E-state index in [1.54, 1.807) is 14.0 Å². The molecule has 2 unspecified atom stereocenters.